The van der Waals surface area contributed by atoms with E-state index in [0.29, 0.717) is 5.69 Å². The lowest BCUT2D eigenvalue weighted by Crippen LogP contribution is -2.57. The zero-order chi connectivity index (χ0) is 24.9. The fourth-order valence-corrected chi connectivity index (χ4v) is 4.65. The molecular formula is C29H33N3O3. The average Bonchev–Trinajstić information content (AvgIpc) is 3.10. The second kappa shape index (κ2) is 10.8. The van der Waals surface area contributed by atoms with Gasteiger partial charge in [-0.15, -0.1) is 0 Å². The smallest absolute Gasteiger partial charge is 0.254 e. The van der Waals surface area contributed by atoms with Gasteiger partial charge < -0.3 is 10.5 Å². The summed E-state index contributed by atoms with van der Waals surface area (Å²) in [5.41, 5.74) is 7.00. The molecule has 2 heterocycles. The SMILES string of the molecule is CC(C)=CCCC(C)=CC(O)C1C=CC2C(=O)N(c3ccccc3)C(=O)C2N1Nc1ccccc1. The molecule has 0 spiro atoms. The molecule has 2 aromatic carbocycles. The van der Waals surface area contributed by atoms with Crippen LogP contribution in [0.15, 0.2) is 96.1 Å². The Kier molecular flexibility index (Phi) is 7.63. The van der Waals surface area contributed by atoms with E-state index < -0.39 is 24.1 Å². The van der Waals surface area contributed by atoms with Crippen molar-refractivity contribution < 1.29 is 14.7 Å². The molecule has 0 saturated carbocycles. The number of carbonyl (C=O) groups is 2. The Morgan fingerprint density at radius 3 is 2.29 bits per heavy atom. The predicted molar refractivity (Wildman–Crippen MR) is 139 cm³/mol. The number of nitrogens with zero attached hydrogens (tertiary/aromatic N) is 2. The van der Waals surface area contributed by atoms with Gasteiger partial charge in [-0.1, -0.05) is 71.8 Å². The van der Waals surface area contributed by atoms with Gasteiger partial charge in [0.05, 0.1) is 23.8 Å². The number of allylic oxidation sites excluding steroid dienone is 3. The summed E-state index contributed by atoms with van der Waals surface area (Å²) in [5, 5.41) is 13.0. The number of aliphatic hydroxyl groups excluding tert-OH is 1. The number of fused-ring (bicyclic) bond motifs is 1. The molecule has 0 aromatic heterocycles. The van der Waals surface area contributed by atoms with Crippen LogP contribution in [0, 0.1) is 5.92 Å². The van der Waals surface area contributed by atoms with Crippen molar-refractivity contribution >= 4 is 23.2 Å². The van der Waals surface area contributed by atoms with E-state index in [1.165, 1.54) is 10.5 Å². The van der Waals surface area contributed by atoms with E-state index in [9.17, 15) is 14.7 Å². The molecule has 1 saturated heterocycles. The predicted octanol–water partition coefficient (Wildman–Crippen LogP) is 4.87. The molecule has 2 N–H and O–H groups in total. The van der Waals surface area contributed by atoms with Crippen molar-refractivity contribution in [2.75, 3.05) is 10.3 Å². The van der Waals surface area contributed by atoms with Crippen LogP contribution in [0.3, 0.4) is 0 Å². The number of hydrogen-bond acceptors (Lipinski definition) is 5. The molecule has 1 fully saturated rings. The number of nitrogens with one attached hydrogen (secondary N) is 1. The quantitative estimate of drug-likeness (QED) is 0.425. The van der Waals surface area contributed by atoms with E-state index in [2.05, 4.69) is 25.3 Å². The van der Waals surface area contributed by atoms with Crippen LogP contribution in [0.4, 0.5) is 11.4 Å². The third-order valence-corrected chi connectivity index (χ3v) is 6.40. The maximum Gasteiger partial charge on any atom is 0.254 e. The molecule has 6 nitrogen and oxygen atoms in total. The fourth-order valence-electron chi connectivity index (χ4n) is 4.65. The number of hydrogen-bond donors (Lipinski definition) is 2. The highest BCUT2D eigenvalue weighted by Gasteiger charge is 2.53. The van der Waals surface area contributed by atoms with Gasteiger partial charge in [0.25, 0.3) is 5.91 Å². The number of benzene rings is 2. The Morgan fingerprint density at radius 1 is 0.971 bits per heavy atom. The van der Waals surface area contributed by atoms with Crippen molar-refractivity contribution in [3.63, 3.8) is 0 Å². The van der Waals surface area contributed by atoms with Gasteiger partial charge in [-0.2, -0.15) is 0 Å². The molecule has 0 radical (unpaired) electrons. The van der Waals surface area contributed by atoms with E-state index in [1.54, 1.807) is 23.2 Å². The summed E-state index contributed by atoms with van der Waals surface area (Å²) < 4.78 is 0. The summed E-state index contributed by atoms with van der Waals surface area (Å²) in [7, 11) is 0. The van der Waals surface area contributed by atoms with Crippen molar-refractivity contribution in [1.29, 1.82) is 0 Å². The lowest BCUT2D eigenvalue weighted by molar-refractivity contribution is -0.123. The lowest BCUT2D eigenvalue weighted by Gasteiger charge is -2.40. The zero-order valence-electron chi connectivity index (χ0n) is 20.5. The molecule has 182 valence electrons. The first kappa shape index (κ1) is 24.6. The van der Waals surface area contributed by atoms with Crippen molar-refractivity contribution in [2.24, 2.45) is 5.92 Å². The maximum absolute atomic E-state index is 13.6. The van der Waals surface area contributed by atoms with E-state index in [-0.39, 0.29) is 11.8 Å². The standard InChI is InChI=1S/C29H33N3O3/c1-20(2)11-10-12-21(3)19-26(33)25-18-17-24-27(32(25)30-22-13-6-4-7-14-22)29(35)31(28(24)34)23-15-8-5-9-16-23/h4-9,11,13-19,24-27,30,33H,10,12H2,1-3H3. The van der Waals surface area contributed by atoms with Crippen LogP contribution in [-0.4, -0.2) is 40.1 Å². The van der Waals surface area contributed by atoms with E-state index in [1.807, 2.05) is 67.6 Å². The third-order valence-electron chi connectivity index (χ3n) is 6.40. The van der Waals surface area contributed by atoms with Crippen molar-refractivity contribution in [3.8, 4) is 0 Å². The van der Waals surface area contributed by atoms with Crippen LogP contribution >= 0.6 is 0 Å². The molecule has 35 heavy (non-hydrogen) atoms. The van der Waals surface area contributed by atoms with Gasteiger partial charge in [0.2, 0.25) is 5.91 Å². The maximum atomic E-state index is 13.6. The summed E-state index contributed by atoms with van der Waals surface area (Å²) in [4.78, 5) is 28.2. The summed E-state index contributed by atoms with van der Waals surface area (Å²) in [6.45, 7) is 6.15. The topological polar surface area (TPSA) is 72.9 Å². The van der Waals surface area contributed by atoms with Crippen LogP contribution in [0.1, 0.15) is 33.6 Å². The molecule has 2 aromatic rings. The molecule has 2 aliphatic heterocycles. The van der Waals surface area contributed by atoms with Crippen LogP contribution in [0.25, 0.3) is 0 Å². The normalized spacial score (nSPS) is 23.3. The van der Waals surface area contributed by atoms with Crippen molar-refractivity contribution in [3.05, 3.63) is 96.1 Å². The number of carbonyl (C=O) groups excluding carboxylic acids is 2. The summed E-state index contributed by atoms with van der Waals surface area (Å²) >= 11 is 0. The lowest BCUT2D eigenvalue weighted by atomic mass is 9.92. The molecular weight excluding hydrogens is 438 g/mol. The third kappa shape index (κ3) is 5.45. The Labute approximate surface area is 207 Å². The van der Waals surface area contributed by atoms with Crippen molar-refractivity contribution in [2.45, 2.75) is 51.8 Å². The van der Waals surface area contributed by atoms with Crippen LogP contribution < -0.4 is 10.3 Å². The number of rotatable bonds is 8. The number of aliphatic hydroxyl groups is 1. The number of hydrazine groups is 1. The Hall–Kier alpha value is -3.48. The van der Waals surface area contributed by atoms with Gasteiger partial charge in [-0.05, 0) is 57.9 Å². The molecule has 4 unspecified atom stereocenters. The molecule has 2 aliphatic rings. The summed E-state index contributed by atoms with van der Waals surface area (Å²) in [5.74, 6) is -1.20. The minimum absolute atomic E-state index is 0.260. The molecule has 2 amide bonds. The molecule has 6 heteroatoms. The second-order valence-corrected chi connectivity index (χ2v) is 9.40. The van der Waals surface area contributed by atoms with Gasteiger partial charge in [0, 0.05) is 5.69 Å². The van der Waals surface area contributed by atoms with E-state index in [0.717, 1.165) is 24.1 Å². The average molecular weight is 472 g/mol. The first-order chi connectivity index (χ1) is 16.9. The summed E-state index contributed by atoms with van der Waals surface area (Å²) in [6, 6.07) is 17.2. The largest absolute Gasteiger partial charge is 0.387 e. The first-order valence-corrected chi connectivity index (χ1v) is 12.1. The molecule has 0 bridgehead atoms. The van der Waals surface area contributed by atoms with Gasteiger partial charge >= 0.3 is 0 Å². The number of imide groups is 1. The van der Waals surface area contributed by atoms with Crippen LogP contribution in [0.2, 0.25) is 0 Å². The Bertz CT molecular complexity index is 1140. The summed E-state index contributed by atoms with van der Waals surface area (Å²) in [6.07, 6.45) is 8.54. The minimum atomic E-state index is -0.858. The fraction of sp³-hybridized carbons (Fsp3) is 0.310. The minimum Gasteiger partial charge on any atom is -0.387 e. The zero-order valence-corrected chi connectivity index (χ0v) is 20.5. The van der Waals surface area contributed by atoms with Gasteiger partial charge in [-0.25, -0.2) is 9.91 Å². The number of amides is 2. The van der Waals surface area contributed by atoms with E-state index >= 15 is 0 Å². The van der Waals surface area contributed by atoms with Gasteiger partial charge in [0.15, 0.2) is 0 Å². The molecule has 4 atom stereocenters. The number of anilines is 2. The highest BCUT2D eigenvalue weighted by molar-refractivity contribution is 6.24. The highest BCUT2D eigenvalue weighted by Crippen LogP contribution is 2.35. The second-order valence-electron chi connectivity index (χ2n) is 9.40. The molecule has 4 rings (SSSR count). The first-order valence-electron chi connectivity index (χ1n) is 12.1. The van der Waals surface area contributed by atoms with Crippen molar-refractivity contribution in [1.82, 2.24) is 5.01 Å². The van der Waals surface area contributed by atoms with Crippen LogP contribution in [-0.2, 0) is 9.59 Å². The van der Waals surface area contributed by atoms with Gasteiger partial charge in [0.1, 0.15) is 6.04 Å². The Morgan fingerprint density at radius 2 is 1.63 bits per heavy atom. The van der Waals surface area contributed by atoms with Gasteiger partial charge in [-0.3, -0.25) is 9.59 Å². The molecule has 0 aliphatic carbocycles. The Balaban J connectivity index is 1.64. The highest BCUT2D eigenvalue weighted by atomic mass is 16.3. The monoisotopic (exact) mass is 471 g/mol. The van der Waals surface area contributed by atoms with Crippen LogP contribution in [0.5, 0.6) is 0 Å². The van der Waals surface area contributed by atoms with E-state index in [4.69, 9.17) is 0 Å². The number of para-hydroxylation sites is 2.